The van der Waals surface area contributed by atoms with Gasteiger partial charge in [0, 0.05) is 4.88 Å². The Bertz CT molecular complexity index is 379. The molecule has 0 saturated heterocycles. The van der Waals surface area contributed by atoms with E-state index < -0.39 is 0 Å². The van der Waals surface area contributed by atoms with Gasteiger partial charge >= 0.3 is 0 Å². The maximum atomic E-state index is 5.45. The number of nitrogens with zero attached hydrogens (tertiary/aromatic N) is 1. The standard InChI is InChI=1S/C10H12N2OS/c1-2-7-3-4-9(14-7)8-6-12-10(5-11)13-8/h3-4,6H,2,5,11H2,1H3. The molecule has 2 aromatic rings. The van der Waals surface area contributed by atoms with Crippen LogP contribution in [-0.2, 0) is 13.0 Å². The van der Waals surface area contributed by atoms with Crippen LogP contribution in [0.1, 0.15) is 17.7 Å². The highest BCUT2D eigenvalue weighted by atomic mass is 32.1. The molecule has 2 heterocycles. The van der Waals surface area contributed by atoms with Crippen LogP contribution in [0.3, 0.4) is 0 Å². The number of hydrogen-bond donors (Lipinski definition) is 1. The molecule has 0 radical (unpaired) electrons. The van der Waals surface area contributed by atoms with Crippen molar-refractivity contribution in [2.75, 3.05) is 0 Å². The molecule has 74 valence electrons. The highest BCUT2D eigenvalue weighted by molar-refractivity contribution is 7.15. The first kappa shape index (κ1) is 9.43. The van der Waals surface area contributed by atoms with Crippen LogP contribution in [-0.4, -0.2) is 4.98 Å². The summed E-state index contributed by atoms with van der Waals surface area (Å²) in [7, 11) is 0. The van der Waals surface area contributed by atoms with Crippen molar-refractivity contribution in [1.29, 1.82) is 0 Å². The smallest absolute Gasteiger partial charge is 0.208 e. The van der Waals surface area contributed by atoms with Crippen LogP contribution in [0.2, 0.25) is 0 Å². The van der Waals surface area contributed by atoms with Crippen LogP contribution < -0.4 is 5.73 Å². The Balaban J connectivity index is 2.29. The van der Waals surface area contributed by atoms with Gasteiger partial charge in [-0.1, -0.05) is 6.92 Å². The van der Waals surface area contributed by atoms with Crippen LogP contribution in [0.15, 0.2) is 22.7 Å². The minimum Gasteiger partial charge on any atom is -0.438 e. The van der Waals surface area contributed by atoms with E-state index in [1.165, 1.54) is 4.88 Å². The molecule has 14 heavy (non-hydrogen) atoms. The van der Waals surface area contributed by atoms with Crippen molar-refractivity contribution in [1.82, 2.24) is 4.98 Å². The summed E-state index contributed by atoms with van der Waals surface area (Å²) in [5.74, 6) is 1.40. The van der Waals surface area contributed by atoms with E-state index in [1.54, 1.807) is 17.5 Å². The molecule has 0 aliphatic heterocycles. The third kappa shape index (κ3) is 1.71. The van der Waals surface area contributed by atoms with Crippen LogP contribution in [0.25, 0.3) is 10.6 Å². The molecule has 2 N–H and O–H groups in total. The third-order valence-electron chi connectivity index (χ3n) is 1.98. The maximum Gasteiger partial charge on any atom is 0.208 e. The summed E-state index contributed by atoms with van der Waals surface area (Å²) >= 11 is 1.74. The Morgan fingerprint density at radius 3 is 2.93 bits per heavy atom. The Labute approximate surface area is 86.6 Å². The van der Waals surface area contributed by atoms with Crippen molar-refractivity contribution in [2.24, 2.45) is 5.73 Å². The molecular weight excluding hydrogens is 196 g/mol. The number of thiophene rings is 1. The largest absolute Gasteiger partial charge is 0.438 e. The Morgan fingerprint density at radius 1 is 1.50 bits per heavy atom. The van der Waals surface area contributed by atoms with E-state index in [0.29, 0.717) is 12.4 Å². The van der Waals surface area contributed by atoms with Gasteiger partial charge in [0.25, 0.3) is 0 Å². The molecule has 0 amide bonds. The van der Waals surface area contributed by atoms with E-state index in [0.717, 1.165) is 17.1 Å². The van der Waals surface area contributed by atoms with Gasteiger partial charge in [-0.25, -0.2) is 4.98 Å². The number of aryl methyl sites for hydroxylation is 1. The van der Waals surface area contributed by atoms with E-state index in [-0.39, 0.29) is 0 Å². The second kappa shape index (κ2) is 3.94. The molecule has 2 rings (SSSR count). The van der Waals surface area contributed by atoms with Crippen LogP contribution in [0.5, 0.6) is 0 Å². The lowest BCUT2D eigenvalue weighted by molar-refractivity contribution is 0.510. The number of oxazole rings is 1. The van der Waals surface area contributed by atoms with Gasteiger partial charge in [0.2, 0.25) is 5.89 Å². The first-order chi connectivity index (χ1) is 6.83. The normalized spacial score (nSPS) is 10.7. The zero-order valence-corrected chi connectivity index (χ0v) is 8.80. The molecule has 0 atom stereocenters. The monoisotopic (exact) mass is 208 g/mol. The number of nitrogens with two attached hydrogens (primary N) is 1. The fourth-order valence-electron chi connectivity index (χ4n) is 1.22. The van der Waals surface area contributed by atoms with E-state index in [9.17, 15) is 0 Å². The number of rotatable bonds is 3. The number of aromatic nitrogens is 1. The summed E-state index contributed by atoms with van der Waals surface area (Å²) in [6.07, 6.45) is 2.79. The van der Waals surface area contributed by atoms with Crippen molar-refractivity contribution in [3.8, 4) is 10.6 Å². The molecule has 0 aromatic carbocycles. The van der Waals surface area contributed by atoms with Gasteiger partial charge in [0.05, 0.1) is 17.6 Å². The van der Waals surface area contributed by atoms with Gasteiger partial charge in [-0.15, -0.1) is 11.3 Å². The first-order valence-electron chi connectivity index (χ1n) is 4.57. The van der Waals surface area contributed by atoms with E-state index >= 15 is 0 Å². The van der Waals surface area contributed by atoms with Crippen LogP contribution >= 0.6 is 11.3 Å². The summed E-state index contributed by atoms with van der Waals surface area (Å²) in [5, 5.41) is 0. The van der Waals surface area contributed by atoms with Crippen LogP contribution in [0.4, 0.5) is 0 Å². The molecule has 0 saturated carbocycles. The average molecular weight is 208 g/mol. The predicted octanol–water partition coefficient (Wildman–Crippen LogP) is 2.42. The minimum atomic E-state index is 0.353. The molecule has 0 unspecified atom stereocenters. The van der Waals surface area contributed by atoms with Crippen molar-refractivity contribution in [2.45, 2.75) is 19.9 Å². The van der Waals surface area contributed by atoms with E-state index in [1.807, 2.05) is 0 Å². The molecule has 0 bridgehead atoms. The summed E-state index contributed by atoms with van der Waals surface area (Å²) in [4.78, 5) is 6.53. The lowest BCUT2D eigenvalue weighted by atomic mass is 10.3. The summed E-state index contributed by atoms with van der Waals surface area (Å²) in [6.45, 7) is 2.49. The SMILES string of the molecule is CCc1ccc(-c2cnc(CN)o2)s1. The van der Waals surface area contributed by atoms with Crippen molar-refractivity contribution in [3.05, 3.63) is 29.1 Å². The average Bonchev–Trinajstić information content (AvgIpc) is 2.86. The quantitative estimate of drug-likeness (QED) is 0.842. The Morgan fingerprint density at radius 2 is 2.36 bits per heavy atom. The molecule has 0 aliphatic rings. The second-order valence-electron chi connectivity index (χ2n) is 2.94. The first-order valence-corrected chi connectivity index (χ1v) is 5.39. The summed E-state index contributed by atoms with van der Waals surface area (Å²) in [5.41, 5.74) is 5.42. The van der Waals surface area contributed by atoms with Gasteiger partial charge in [0.15, 0.2) is 5.76 Å². The van der Waals surface area contributed by atoms with Crippen molar-refractivity contribution >= 4 is 11.3 Å². The van der Waals surface area contributed by atoms with Crippen LogP contribution in [0, 0.1) is 0 Å². The van der Waals surface area contributed by atoms with Gasteiger partial charge in [-0.2, -0.15) is 0 Å². The van der Waals surface area contributed by atoms with Gasteiger partial charge < -0.3 is 10.2 Å². The van der Waals surface area contributed by atoms with Crippen molar-refractivity contribution in [3.63, 3.8) is 0 Å². The second-order valence-corrected chi connectivity index (χ2v) is 4.11. The minimum absolute atomic E-state index is 0.353. The molecule has 4 heteroatoms. The highest BCUT2D eigenvalue weighted by Crippen LogP contribution is 2.28. The molecule has 0 fully saturated rings. The zero-order valence-electron chi connectivity index (χ0n) is 7.99. The third-order valence-corrected chi connectivity index (χ3v) is 3.23. The number of hydrogen-bond acceptors (Lipinski definition) is 4. The van der Waals surface area contributed by atoms with E-state index in [4.69, 9.17) is 10.2 Å². The molecule has 0 spiro atoms. The zero-order chi connectivity index (χ0) is 9.97. The van der Waals surface area contributed by atoms with Gasteiger partial charge in [0.1, 0.15) is 0 Å². The Kier molecular flexibility index (Phi) is 2.65. The summed E-state index contributed by atoms with van der Waals surface area (Å²) in [6, 6.07) is 4.18. The molecule has 0 aliphatic carbocycles. The maximum absolute atomic E-state index is 5.45. The molecular formula is C10H12N2OS. The highest BCUT2D eigenvalue weighted by Gasteiger charge is 2.07. The predicted molar refractivity (Wildman–Crippen MR) is 57.1 cm³/mol. The summed E-state index contributed by atoms with van der Waals surface area (Å²) < 4.78 is 5.45. The topological polar surface area (TPSA) is 52.0 Å². The fourth-order valence-corrected chi connectivity index (χ4v) is 2.11. The fraction of sp³-hybridized carbons (Fsp3) is 0.300. The lowest BCUT2D eigenvalue weighted by Gasteiger charge is -1.88. The lowest BCUT2D eigenvalue weighted by Crippen LogP contribution is -1.94. The van der Waals surface area contributed by atoms with Gasteiger partial charge in [-0.05, 0) is 18.6 Å². The molecule has 3 nitrogen and oxygen atoms in total. The van der Waals surface area contributed by atoms with Crippen molar-refractivity contribution < 1.29 is 4.42 Å². The van der Waals surface area contributed by atoms with E-state index in [2.05, 4.69) is 24.0 Å². The Hall–Kier alpha value is -1.13. The molecule has 2 aromatic heterocycles. The van der Waals surface area contributed by atoms with Gasteiger partial charge in [-0.3, -0.25) is 0 Å².